The number of aliphatic hydroxyl groups is 2. The minimum atomic E-state index is -0.591. The summed E-state index contributed by atoms with van der Waals surface area (Å²) in [6, 6.07) is 0.0937. The van der Waals surface area contributed by atoms with Crippen molar-refractivity contribution in [2.75, 3.05) is 13.1 Å². The van der Waals surface area contributed by atoms with E-state index in [4.69, 9.17) is 11.6 Å². The Morgan fingerprint density at radius 1 is 1.33 bits per heavy atom. The summed E-state index contributed by atoms with van der Waals surface area (Å²) in [5.41, 5.74) is 0. The van der Waals surface area contributed by atoms with Gasteiger partial charge in [-0.2, -0.15) is 0 Å². The fourth-order valence-corrected chi connectivity index (χ4v) is 2.47. The van der Waals surface area contributed by atoms with Gasteiger partial charge in [0.15, 0.2) is 0 Å². The molecule has 4 heteroatoms. The number of rotatable bonds is 0. The van der Waals surface area contributed by atoms with Crippen molar-refractivity contribution in [2.24, 2.45) is 0 Å². The molecule has 2 aliphatic rings. The Kier molecular flexibility index (Phi) is 2.29. The molecule has 0 aromatic heterocycles. The summed E-state index contributed by atoms with van der Waals surface area (Å²) in [4.78, 5) is 2.13. The Labute approximate surface area is 76.9 Å². The number of halogens is 1. The van der Waals surface area contributed by atoms with Gasteiger partial charge in [0.25, 0.3) is 0 Å². The molecule has 0 aromatic rings. The van der Waals surface area contributed by atoms with Crippen molar-refractivity contribution < 1.29 is 10.2 Å². The molecular weight excluding hydrogens is 178 g/mol. The van der Waals surface area contributed by atoms with E-state index in [1.807, 2.05) is 0 Å². The monoisotopic (exact) mass is 191 g/mol. The van der Waals surface area contributed by atoms with Crippen LogP contribution < -0.4 is 0 Å². The molecule has 0 spiro atoms. The first-order chi connectivity index (χ1) is 5.68. The summed E-state index contributed by atoms with van der Waals surface area (Å²) in [6.07, 6.45) is 0.612. The van der Waals surface area contributed by atoms with E-state index in [9.17, 15) is 10.2 Å². The Bertz CT molecular complexity index is 178. The first-order valence-electron chi connectivity index (χ1n) is 4.42. The van der Waals surface area contributed by atoms with E-state index in [-0.39, 0.29) is 11.4 Å². The molecule has 0 unspecified atom stereocenters. The third-order valence-electron chi connectivity index (χ3n) is 2.91. The van der Waals surface area contributed by atoms with Gasteiger partial charge in [-0.25, -0.2) is 0 Å². The van der Waals surface area contributed by atoms with Crippen molar-refractivity contribution in [1.29, 1.82) is 0 Å². The SMILES string of the molecule is O[C@H]1[C@H](O)CN2CC[C@@H](Cl)C[C@H]12. The summed E-state index contributed by atoms with van der Waals surface area (Å²) in [7, 11) is 0. The number of aliphatic hydroxyl groups excluding tert-OH is 2. The summed E-state index contributed by atoms with van der Waals surface area (Å²) >= 11 is 5.98. The van der Waals surface area contributed by atoms with Gasteiger partial charge in [-0.05, 0) is 12.8 Å². The molecule has 0 radical (unpaired) electrons. The number of fused-ring (bicyclic) bond motifs is 1. The molecule has 4 atom stereocenters. The van der Waals surface area contributed by atoms with E-state index < -0.39 is 12.2 Å². The van der Waals surface area contributed by atoms with E-state index in [1.165, 1.54) is 0 Å². The lowest BCUT2D eigenvalue weighted by Gasteiger charge is -2.32. The van der Waals surface area contributed by atoms with Crippen molar-refractivity contribution >= 4 is 11.6 Å². The van der Waals surface area contributed by atoms with Crippen molar-refractivity contribution in [3.05, 3.63) is 0 Å². The summed E-state index contributed by atoms with van der Waals surface area (Å²) in [5, 5.41) is 19.1. The number of alkyl halides is 1. The highest BCUT2D eigenvalue weighted by Crippen LogP contribution is 2.29. The highest BCUT2D eigenvalue weighted by molar-refractivity contribution is 6.20. The van der Waals surface area contributed by atoms with Crippen LogP contribution in [0.5, 0.6) is 0 Å². The van der Waals surface area contributed by atoms with Crippen LogP contribution in [0.4, 0.5) is 0 Å². The lowest BCUT2D eigenvalue weighted by atomic mass is 10.00. The van der Waals surface area contributed by atoms with Crippen molar-refractivity contribution in [2.45, 2.75) is 36.5 Å². The average molecular weight is 192 g/mol. The third-order valence-corrected chi connectivity index (χ3v) is 3.30. The molecule has 0 aliphatic carbocycles. The largest absolute Gasteiger partial charge is 0.389 e. The molecule has 2 fully saturated rings. The second-order valence-corrected chi connectivity index (χ2v) is 4.36. The van der Waals surface area contributed by atoms with Crippen LogP contribution in [0.3, 0.4) is 0 Å². The van der Waals surface area contributed by atoms with E-state index in [0.29, 0.717) is 6.54 Å². The second-order valence-electron chi connectivity index (χ2n) is 3.74. The number of nitrogens with zero attached hydrogens (tertiary/aromatic N) is 1. The van der Waals surface area contributed by atoms with Crippen LogP contribution in [0.1, 0.15) is 12.8 Å². The third kappa shape index (κ3) is 1.35. The Morgan fingerprint density at radius 2 is 2.08 bits per heavy atom. The Balaban J connectivity index is 2.05. The fraction of sp³-hybridized carbons (Fsp3) is 1.00. The topological polar surface area (TPSA) is 43.7 Å². The normalized spacial score (nSPS) is 49.2. The molecule has 3 nitrogen and oxygen atoms in total. The van der Waals surface area contributed by atoms with Crippen LogP contribution in [0, 0.1) is 0 Å². The van der Waals surface area contributed by atoms with Crippen molar-refractivity contribution in [3.8, 4) is 0 Å². The minimum absolute atomic E-state index is 0.0937. The summed E-state index contributed by atoms with van der Waals surface area (Å²) in [6.45, 7) is 1.52. The van der Waals surface area contributed by atoms with Crippen LogP contribution in [-0.4, -0.2) is 51.8 Å². The van der Waals surface area contributed by atoms with Gasteiger partial charge in [-0.15, -0.1) is 11.6 Å². The molecule has 2 saturated heterocycles. The average Bonchev–Trinajstić information content (AvgIpc) is 2.31. The highest BCUT2D eigenvalue weighted by atomic mass is 35.5. The van der Waals surface area contributed by atoms with Gasteiger partial charge in [0.1, 0.15) is 0 Å². The van der Waals surface area contributed by atoms with Crippen LogP contribution >= 0.6 is 11.6 Å². The van der Waals surface area contributed by atoms with Gasteiger partial charge in [0, 0.05) is 24.5 Å². The first-order valence-corrected chi connectivity index (χ1v) is 4.86. The predicted molar refractivity (Wildman–Crippen MR) is 46.2 cm³/mol. The summed E-state index contributed by atoms with van der Waals surface area (Å²) < 4.78 is 0. The van der Waals surface area contributed by atoms with Crippen molar-refractivity contribution in [3.63, 3.8) is 0 Å². The molecule has 70 valence electrons. The van der Waals surface area contributed by atoms with Crippen LogP contribution in [-0.2, 0) is 0 Å². The zero-order valence-electron chi connectivity index (χ0n) is 6.86. The Hall–Kier alpha value is 0.170. The van der Waals surface area contributed by atoms with Gasteiger partial charge in [0.2, 0.25) is 0 Å². The fourth-order valence-electron chi connectivity index (χ4n) is 2.19. The lowest BCUT2D eigenvalue weighted by Crippen LogP contribution is -2.42. The molecule has 0 saturated carbocycles. The molecule has 0 bridgehead atoms. The zero-order chi connectivity index (χ0) is 8.72. The zero-order valence-corrected chi connectivity index (χ0v) is 7.61. The standard InChI is InChI=1S/C8H14ClNO2/c9-5-1-2-10-4-7(11)8(12)6(10)3-5/h5-8,11-12H,1-4H2/t5-,6-,7-,8-/m1/s1. The maximum absolute atomic E-state index is 9.56. The molecule has 2 aliphatic heterocycles. The molecule has 0 aromatic carbocycles. The minimum Gasteiger partial charge on any atom is -0.389 e. The molecule has 2 rings (SSSR count). The van der Waals surface area contributed by atoms with Gasteiger partial charge < -0.3 is 10.2 Å². The van der Waals surface area contributed by atoms with Gasteiger partial charge in [-0.3, -0.25) is 4.90 Å². The smallest absolute Gasteiger partial charge is 0.0966 e. The molecule has 12 heavy (non-hydrogen) atoms. The number of hydrogen-bond donors (Lipinski definition) is 2. The van der Waals surface area contributed by atoms with Gasteiger partial charge >= 0.3 is 0 Å². The van der Waals surface area contributed by atoms with Crippen molar-refractivity contribution in [1.82, 2.24) is 4.90 Å². The highest BCUT2D eigenvalue weighted by Gasteiger charge is 2.42. The van der Waals surface area contributed by atoms with Crippen LogP contribution in [0.25, 0.3) is 0 Å². The maximum Gasteiger partial charge on any atom is 0.0966 e. The molecule has 0 amide bonds. The summed E-state index contributed by atoms with van der Waals surface area (Å²) in [5.74, 6) is 0. The van der Waals surface area contributed by atoms with Crippen LogP contribution in [0.15, 0.2) is 0 Å². The van der Waals surface area contributed by atoms with E-state index >= 15 is 0 Å². The Morgan fingerprint density at radius 3 is 2.83 bits per heavy atom. The lowest BCUT2D eigenvalue weighted by molar-refractivity contribution is 0.0322. The van der Waals surface area contributed by atoms with E-state index in [1.54, 1.807) is 0 Å². The predicted octanol–water partition coefficient (Wildman–Crippen LogP) is -0.206. The maximum atomic E-state index is 9.56. The number of piperidine rings is 1. The van der Waals surface area contributed by atoms with E-state index in [0.717, 1.165) is 19.4 Å². The van der Waals surface area contributed by atoms with Crippen LogP contribution in [0.2, 0.25) is 0 Å². The van der Waals surface area contributed by atoms with E-state index in [2.05, 4.69) is 4.90 Å². The second kappa shape index (κ2) is 3.14. The molecule has 2 N–H and O–H groups in total. The number of hydrogen-bond acceptors (Lipinski definition) is 3. The first kappa shape index (κ1) is 8.75. The van der Waals surface area contributed by atoms with Gasteiger partial charge in [0.05, 0.1) is 12.2 Å². The molecule has 2 heterocycles. The van der Waals surface area contributed by atoms with Gasteiger partial charge in [-0.1, -0.05) is 0 Å². The molecular formula is C8H14ClNO2. The quantitative estimate of drug-likeness (QED) is 0.521.